The minimum atomic E-state index is -0.431. The van der Waals surface area contributed by atoms with Crippen molar-refractivity contribution in [2.75, 3.05) is 7.11 Å². The van der Waals surface area contributed by atoms with Crippen molar-refractivity contribution in [2.24, 2.45) is 0 Å². The van der Waals surface area contributed by atoms with Crippen molar-refractivity contribution in [1.82, 2.24) is 0 Å². The first kappa shape index (κ1) is 15.6. The van der Waals surface area contributed by atoms with Gasteiger partial charge in [-0.3, -0.25) is 4.79 Å². The summed E-state index contributed by atoms with van der Waals surface area (Å²) in [4.78, 5) is 12.9. The smallest absolute Gasteiger partial charge is 0.204 e. The highest BCUT2D eigenvalue weighted by atomic mass is 16.5. The molecule has 1 unspecified atom stereocenters. The molecule has 6 nitrogen and oxygen atoms in total. The van der Waals surface area contributed by atoms with Crippen LogP contribution in [0.5, 0.6) is 23.0 Å². The fraction of sp³-hybridized carbons (Fsp3) is 0.316. The van der Waals surface area contributed by atoms with Gasteiger partial charge in [-0.25, -0.2) is 0 Å². The normalized spacial score (nSPS) is 18.3. The molecule has 2 heterocycles. The summed E-state index contributed by atoms with van der Waals surface area (Å²) < 4.78 is 16.9. The Balaban J connectivity index is 2.25. The molecule has 0 amide bonds. The molecular formula is C19H18O6. The Morgan fingerprint density at radius 3 is 2.60 bits per heavy atom. The van der Waals surface area contributed by atoms with Gasteiger partial charge in [-0.1, -0.05) is 13.8 Å². The summed E-state index contributed by atoms with van der Waals surface area (Å²) >= 11 is 0. The van der Waals surface area contributed by atoms with E-state index in [1.807, 2.05) is 20.8 Å². The number of hydrogen-bond donors (Lipinski definition) is 2. The van der Waals surface area contributed by atoms with Gasteiger partial charge in [0.25, 0.3) is 0 Å². The van der Waals surface area contributed by atoms with Gasteiger partial charge in [0.2, 0.25) is 11.2 Å². The molecule has 130 valence electrons. The zero-order chi connectivity index (χ0) is 18.1. The van der Waals surface area contributed by atoms with Crippen molar-refractivity contribution < 1.29 is 24.1 Å². The van der Waals surface area contributed by atoms with Crippen LogP contribution in [0, 0.1) is 0 Å². The van der Waals surface area contributed by atoms with Crippen LogP contribution in [-0.2, 0) is 5.41 Å². The maximum Gasteiger partial charge on any atom is 0.204 e. The van der Waals surface area contributed by atoms with Gasteiger partial charge in [0, 0.05) is 17.0 Å². The number of hydrogen-bond acceptors (Lipinski definition) is 6. The molecule has 0 aliphatic carbocycles. The van der Waals surface area contributed by atoms with Crippen LogP contribution in [-0.4, -0.2) is 23.4 Å². The highest BCUT2D eigenvalue weighted by molar-refractivity contribution is 5.98. The van der Waals surface area contributed by atoms with Gasteiger partial charge in [0.05, 0.1) is 12.5 Å². The number of phenols is 2. The first-order valence-electron chi connectivity index (χ1n) is 7.97. The van der Waals surface area contributed by atoms with Crippen LogP contribution < -0.4 is 14.9 Å². The molecule has 6 heteroatoms. The van der Waals surface area contributed by atoms with Crippen molar-refractivity contribution in [1.29, 1.82) is 0 Å². The van der Waals surface area contributed by atoms with Gasteiger partial charge in [-0.15, -0.1) is 0 Å². The summed E-state index contributed by atoms with van der Waals surface area (Å²) in [6.07, 6.45) is -0.160. The minimum absolute atomic E-state index is 0.0278. The van der Waals surface area contributed by atoms with Crippen molar-refractivity contribution >= 4 is 21.9 Å². The van der Waals surface area contributed by atoms with Gasteiger partial charge in [0.1, 0.15) is 28.6 Å². The second kappa shape index (κ2) is 4.81. The van der Waals surface area contributed by atoms with Gasteiger partial charge in [-0.2, -0.15) is 0 Å². The van der Waals surface area contributed by atoms with E-state index in [0.717, 1.165) is 0 Å². The molecule has 0 spiro atoms. The highest BCUT2D eigenvalue weighted by Gasteiger charge is 2.42. The van der Waals surface area contributed by atoms with E-state index in [9.17, 15) is 15.0 Å². The number of aromatic hydroxyl groups is 2. The molecule has 1 aliphatic rings. The number of rotatable bonds is 1. The highest BCUT2D eigenvalue weighted by Crippen LogP contribution is 2.49. The summed E-state index contributed by atoms with van der Waals surface area (Å²) in [5.74, 6) is 0.230. The molecule has 0 fully saturated rings. The largest absolute Gasteiger partial charge is 0.507 e. The molecule has 1 atom stereocenters. The molecule has 0 bridgehead atoms. The Morgan fingerprint density at radius 1 is 1.20 bits per heavy atom. The third kappa shape index (κ3) is 1.88. The van der Waals surface area contributed by atoms with Crippen molar-refractivity contribution in [3.05, 3.63) is 34.0 Å². The molecule has 0 saturated carbocycles. The van der Waals surface area contributed by atoms with Gasteiger partial charge < -0.3 is 24.1 Å². The molecule has 0 radical (unpaired) electrons. The maximum atomic E-state index is 12.9. The number of benzene rings is 2. The zero-order valence-corrected chi connectivity index (χ0v) is 14.3. The fourth-order valence-corrected chi connectivity index (χ4v) is 3.42. The monoisotopic (exact) mass is 342 g/mol. The average Bonchev–Trinajstić information content (AvgIpc) is 2.77. The fourth-order valence-electron chi connectivity index (χ4n) is 3.42. The number of phenolic OH excluding ortho intramolecular Hbond substituents is 2. The lowest BCUT2D eigenvalue weighted by Gasteiger charge is -2.22. The number of methoxy groups -OCH3 is 1. The average molecular weight is 342 g/mol. The Morgan fingerprint density at radius 2 is 1.92 bits per heavy atom. The second-order valence-electron chi connectivity index (χ2n) is 6.88. The Labute approximate surface area is 143 Å². The van der Waals surface area contributed by atoms with E-state index in [1.165, 1.54) is 25.3 Å². The van der Waals surface area contributed by atoms with Gasteiger partial charge >= 0.3 is 0 Å². The lowest BCUT2D eigenvalue weighted by molar-refractivity contribution is 0.185. The SMILES string of the molecule is COc1ccc2c(=O)c3c(O)cc4c(c3oc2c1O)C(C)(C)C(C)O4. The minimum Gasteiger partial charge on any atom is -0.507 e. The van der Waals surface area contributed by atoms with E-state index >= 15 is 0 Å². The first-order chi connectivity index (χ1) is 11.8. The lowest BCUT2D eigenvalue weighted by atomic mass is 9.81. The van der Waals surface area contributed by atoms with E-state index in [-0.39, 0.29) is 45.3 Å². The Bertz CT molecular complexity index is 1090. The molecule has 3 aromatic rings. The van der Waals surface area contributed by atoms with Gasteiger partial charge in [-0.05, 0) is 19.1 Å². The van der Waals surface area contributed by atoms with Crippen molar-refractivity contribution in [2.45, 2.75) is 32.3 Å². The number of fused-ring (bicyclic) bond motifs is 4. The summed E-state index contributed by atoms with van der Waals surface area (Å²) in [7, 11) is 1.42. The molecule has 1 aliphatic heterocycles. The third-order valence-corrected chi connectivity index (χ3v) is 5.18. The maximum absolute atomic E-state index is 12.9. The quantitative estimate of drug-likeness (QED) is 0.659. The van der Waals surface area contributed by atoms with Crippen LogP contribution in [0.4, 0.5) is 0 Å². The van der Waals surface area contributed by atoms with Crippen LogP contribution in [0.25, 0.3) is 21.9 Å². The van der Waals surface area contributed by atoms with Gasteiger partial charge in [0.15, 0.2) is 11.3 Å². The van der Waals surface area contributed by atoms with Crippen LogP contribution in [0.15, 0.2) is 27.4 Å². The zero-order valence-electron chi connectivity index (χ0n) is 14.3. The molecule has 0 saturated heterocycles. The van der Waals surface area contributed by atoms with Crippen LogP contribution in [0.2, 0.25) is 0 Å². The molecule has 25 heavy (non-hydrogen) atoms. The van der Waals surface area contributed by atoms with E-state index < -0.39 is 10.8 Å². The van der Waals surface area contributed by atoms with E-state index in [4.69, 9.17) is 13.9 Å². The predicted octanol–water partition coefficient (Wildman–Crippen LogP) is 3.42. The van der Waals surface area contributed by atoms with E-state index in [0.29, 0.717) is 11.3 Å². The van der Waals surface area contributed by atoms with Crippen LogP contribution in [0.1, 0.15) is 26.3 Å². The topological polar surface area (TPSA) is 89.1 Å². The summed E-state index contributed by atoms with van der Waals surface area (Å²) in [5.41, 5.74) is 0.114. The van der Waals surface area contributed by atoms with E-state index in [2.05, 4.69) is 0 Å². The third-order valence-electron chi connectivity index (χ3n) is 5.18. The first-order valence-corrected chi connectivity index (χ1v) is 7.97. The molecule has 4 rings (SSSR count). The molecular weight excluding hydrogens is 324 g/mol. The summed E-state index contributed by atoms with van der Waals surface area (Å²) in [5, 5.41) is 21.0. The van der Waals surface area contributed by atoms with Crippen LogP contribution >= 0.6 is 0 Å². The Hall–Kier alpha value is -2.89. The standard InChI is InChI=1S/C19H18O6/c1-8-19(2,3)14-12(24-8)7-10(20)13-15(21)9-5-6-11(23-4)16(22)17(9)25-18(13)14/h5-8,20,22H,1-4H3. The van der Waals surface area contributed by atoms with E-state index in [1.54, 1.807) is 0 Å². The van der Waals surface area contributed by atoms with Crippen molar-refractivity contribution in [3.8, 4) is 23.0 Å². The van der Waals surface area contributed by atoms with Crippen LogP contribution in [0.3, 0.4) is 0 Å². The lowest BCUT2D eigenvalue weighted by Crippen LogP contribution is -2.29. The predicted molar refractivity (Wildman–Crippen MR) is 93.0 cm³/mol. The summed E-state index contributed by atoms with van der Waals surface area (Å²) in [6, 6.07) is 4.45. The molecule has 2 N–H and O–H groups in total. The number of ether oxygens (including phenoxy) is 2. The second-order valence-corrected chi connectivity index (χ2v) is 6.88. The molecule has 1 aromatic heterocycles. The Kier molecular flexibility index (Phi) is 3.01. The van der Waals surface area contributed by atoms with Crippen molar-refractivity contribution in [3.63, 3.8) is 0 Å². The molecule has 2 aromatic carbocycles. The summed E-state index contributed by atoms with van der Waals surface area (Å²) in [6.45, 7) is 5.88.